The van der Waals surface area contributed by atoms with E-state index in [-0.39, 0.29) is 5.91 Å². The molecule has 1 atom stereocenters. The van der Waals surface area contributed by atoms with Crippen molar-refractivity contribution in [1.29, 1.82) is 0 Å². The minimum atomic E-state index is -0.434. The molecule has 18 heavy (non-hydrogen) atoms. The Morgan fingerprint density at radius 2 is 2.06 bits per heavy atom. The summed E-state index contributed by atoms with van der Waals surface area (Å²) in [5.74, 6) is -0.107. The topological polar surface area (TPSA) is 58.4 Å². The number of benzene rings is 1. The van der Waals surface area contributed by atoms with E-state index in [4.69, 9.17) is 5.73 Å². The molecular formula is C14H21N3O. The summed E-state index contributed by atoms with van der Waals surface area (Å²) in [5.41, 5.74) is 7.71. The van der Waals surface area contributed by atoms with E-state index in [2.05, 4.69) is 16.3 Å². The highest BCUT2D eigenvalue weighted by atomic mass is 16.2. The standard InChI is InChI=1S/C14H21N3O/c1-2-11(15)14(18)16-12-7-3-4-8-13(12)17-9-5-6-10-17/h3-4,7-8,11H,2,5-6,9-10,15H2,1H3,(H,16,18)/t11-/m1/s1. The average molecular weight is 247 g/mol. The van der Waals surface area contributed by atoms with E-state index in [1.165, 1.54) is 12.8 Å². The van der Waals surface area contributed by atoms with E-state index >= 15 is 0 Å². The second kappa shape index (κ2) is 5.87. The molecule has 1 aliphatic heterocycles. The summed E-state index contributed by atoms with van der Waals surface area (Å²) in [6, 6.07) is 7.50. The van der Waals surface area contributed by atoms with Gasteiger partial charge in [-0.25, -0.2) is 0 Å². The first kappa shape index (κ1) is 12.9. The molecule has 98 valence electrons. The molecule has 1 heterocycles. The third-order valence-corrected chi connectivity index (χ3v) is 3.39. The molecule has 0 aliphatic carbocycles. The fraction of sp³-hybridized carbons (Fsp3) is 0.500. The quantitative estimate of drug-likeness (QED) is 0.855. The molecule has 1 aliphatic rings. The molecule has 0 bridgehead atoms. The Hall–Kier alpha value is -1.55. The van der Waals surface area contributed by atoms with Crippen LogP contribution in [0.15, 0.2) is 24.3 Å². The number of nitrogens with one attached hydrogen (secondary N) is 1. The smallest absolute Gasteiger partial charge is 0.241 e. The molecule has 0 spiro atoms. The predicted molar refractivity (Wildman–Crippen MR) is 74.8 cm³/mol. The van der Waals surface area contributed by atoms with E-state index in [0.29, 0.717) is 6.42 Å². The molecule has 1 fully saturated rings. The summed E-state index contributed by atoms with van der Waals surface area (Å²) in [4.78, 5) is 14.2. The lowest BCUT2D eigenvalue weighted by Crippen LogP contribution is -2.35. The zero-order valence-corrected chi connectivity index (χ0v) is 10.9. The number of hydrogen-bond donors (Lipinski definition) is 2. The van der Waals surface area contributed by atoms with E-state index in [0.717, 1.165) is 24.5 Å². The van der Waals surface area contributed by atoms with E-state index in [1.54, 1.807) is 0 Å². The molecule has 3 N–H and O–H groups in total. The van der Waals surface area contributed by atoms with Crippen LogP contribution in [0.1, 0.15) is 26.2 Å². The number of nitrogens with zero attached hydrogens (tertiary/aromatic N) is 1. The van der Waals surface area contributed by atoms with Gasteiger partial charge >= 0.3 is 0 Å². The first-order valence-corrected chi connectivity index (χ1v) is 6.62. The maximum absolute atomic E-state index is 11.9. The number of carbonyl (C=O) groups excluding carboxylic acids is 1. The Balaban J connectivity index is 2.14. The third-order valence-electron chi connectivity index (χ3n) is 3.39. The van der Waals surface area contributed by atoms with Gasteiger partial charge in [0.25, 0.3) is 0 Å². The molecule has 4 heteroatoms. The van der Waals surface area contributed by atoms with Crippen molar-refractivity contribution >= 4 is 17.3 Å². The number of carbonyl (C=O) groups is 1. The van der Waals surface area contributed by atoms with Crippen LogP contribution < -0.4 is 16.0 Å². The van der Waals surface area contributed by atoms with Crippen molar-refractivity contribution in [2.75, 3.05) is 23.3 Å². The van der Waals surface area contributed by atoms with Crippen molar-refractivity contribution in [2.24, 2.45) is 5.73 Å². The number of anilines is 2. The van der Waals surface area contributed by atoms with Crippen LogP contribution in [-0.4, -0.2) is 25.0 Å². The van der Waals surface area contributed by atoms with Crippen LogP contribution in [-0.2, 0) is 4.79 Å². The van der Waals surface area contributed by atoms with Gasteiger partial charge in [0.1, 0.15) is 0 Å². The van der Waals surface area contributed by atoms with Crippen LogP contribution in [0.3, 0.4) is 0 Å². The summed E-state index contributed by atoms with van der Waals surface area (Å²) in [6.07, 6.45) is 3.09. The highest BCUT2D eigenvalue weighted by molar-refractivity contribution is 5.97. The summed E-state index contributed by atoms with van der Waals surface area (Å²) in [5, 5.41) is 2.93. The van der Waals surface area contributed by atoms with Gasteiger partial charge in [0.15, 0.2) is 0 Å². The Labute approximate surface area is 108 Å². The molecule has 1 amide bonds. The van der Waals surface area contributed by atoms with Crippen LogP contribution >= 0.6 is 0 Å². The van der Waals surface area contributed by atoms with E-state index in [9.17, 15) is 4.79 Å². The van der Waals surface area contributed by atoms with Crippen LogP contribution in [0.25, 0.3) is 0 Å². The first-order valence-electron chi connectivity index (χ1n) is 6.62. The zero-order chi connectivity index (χ0) is 13.0. The monoisotopic (exact) mass is 247 g/mol. The predicted octanol–water partition coefficient (Wildman–Crippen LogP) is 1.96. The first-order chi connectivity index (χ1) is 8.72. The molecule has 1 saturated heterocycles. The SMILES string of the molecule is CC[C@@H](N)C(=O)Nc1ccccc1N1CCCC1. The molecule has 4 nitrogen and oxygen atoms in total. The van der Waals surface area contributed by atoms with E-state index in [1.807, 2.05) is 25.1 Å². The fourth-order valence-corrected chi connectivity index (χ4v) is 2.22. The number of amides is 1. The summed E-state index contributed by atoms with van der Waals surface area (Å²) in [7, 11) is 0. The highest BCUT2D eigenvalue weighted by Gasteiger charge is 2.18. The molecule has 0 unspecified atom stereocenters. The number of nitrogens with two attached hydrogens (primary N) is 1. The van der Waals surface area contributed by atoms with Crippen molar-refractivity contribution in [3.8, 4) is 0 Å². The Morgan fingerprint density at radius 3 is 2.72 bits per heavy atom. The molecule has 2 rings (SSSR count). The normalized spacial score (nSPS) is 16.7. The van der Waals surface area contributed by atoms with Gasteiger partial charge in [-0.3, -0.25) is 4.79 Å². The zero-order valence-electron chi connectivity index (χ0n) is 10.9. The molecule has 1 aromatic rings. The lowest BCUT2D eigenvalue weighted by atomic mass is 10.2. The van der Waals surface area contributed by atoms with Crippen molar-refractivity contribution < 1.29 is 4.79 Å². The van der Waals surface area contributed by atoms with Crippen LogP contribution in [0.4, 0.5) is 11.4 Å². The Bertz CT molecular complexity index is 413. The number of hydrogen-bond acceptors (Lipinski definition) is 3. The largest absolute Gasteiger partial charge is 0.370 e. The molecular weight excluding hydrogens is 226 g/mol. The summed E-state index contributed by atoms with van der Waals surface area (Å²) >= 11 is 0. The van der Waals surface area contributed by atoms with Gasteiger partial charge in [-0.2, -0.15) is 0 Å². The molecule has 0 aromatic heterocycles. The van der Waals surface area contributed by atoms with Gasteiger partial charge < -0.3 is 16.0 Å². The van der Waals surface area contributed by atoms with Crippen LogP contribution in [0.5, 0.6) is 0 Å². The van der Waals surface area contributed by atoms with Gasteiger partial charge in [-0.15, -0.1) is 0 Å². The Morgan fingerprint density at radius 1 is 1.39 bits per heavy atom. The molecule has 0 saturated carbocycles. The van der Waals surface area contributed by atoms with E-state index < -0.39 is 6.04 Å². The lowest BCUT2D eigenvalue weighted by molar-refractivity contribution is -0.117. The summed E-state index contributed by atoms with van der Waals surface area (Å²) in [6.45, 7) is 4.04. The minimum Gasteiger partial charge on any atom is -0.370 e. The second-order valence-electron chi connectivity index (χ2n) is 4.72. The van der Waals surface area contributed by atoms with Crippen molar-refractivity contribution in [1.82, 2.24) is 0 Å². The van der Waals surface area contributed by atoms with Crippen molar-refractivity contribution in [3.05, 3.63) is 24.3 Å². The van der Waals surface area contributed by atoms with Gasteiger partial charge in [-0.1, -0.05) is 19.1 Å². The molecule has 0 radical (unpaired) electrons. The van der Waals surface area contributed by atoms with Crippen LogP contribution in [0, 0.1) is 0 Å². The maximum atomic E-state index is 11.9. The fourth-order valence-electron chi connectivity index (χ4n) is 2.22. The van der Waals surface area contributed by atoms with Crippen molar-refractivity contribution in [2.45, 2.75) is 32.2 Å². The number of rotatable bonds is 4. The van der Waals surface area contributed by atoms with Gasteiger partial charge in [0, 0.05) is 13.1 Å². The average Bonchev–Trinajstić information content (AvgIpc) is 2.92. The lowest BCUT2D eigenvalue weighted by Gasteiger charge is -2.22. The molecule has 1 aromatic carbocycles. The van der Waals surface area contributed by atoms with Crippen molar-refractivity contribution in [3.63, 3.8) is 0 Å². The Kier molecular flexibility index (Phi) is 4.20. The van der Waals surface area contributed by atoms with Crippen LogP contribution in [0.2, 0.25) is 0 Å². The third kappa shape index (κ3) is 2.82. The van der Waals surface area contributed by atoms with Gasteiger partial charge in [-0.05, 0) is 31.4 Å². The summed E-state index contributed by atoms with van der Waals surface area (Å²) < 4.78 is 0. The second-order valence-corrected chi connectivity index (χ2v) is 4.72. The van der Waals surface area contributed by atoms with Gasteiger partial charge in [0.2, 0.25) is 5.91 Å². The van der Waals surface area contributed by atoms with Gasteiger partial charge in [0.05, 0.1) is 17.4 Å². The maximum Gasteiger partial charge on any atom is 0.241 e. The minimum absolute atomic E-state index is 0.107. The highest BCUT2D eigenvalue weighted by Crippen LogP contribution is 2.28. The number of para-hydroxylation sites is 2.